The second-order valence-electron chi connectivity index (χ2n) is 4.21. The van der Waals surface area contributed by atoms with Gasteiger partial charge in [-0.3, -0.25) is 16.3 Å². The molecule has 4 nitrogen and oxygen atoms in total. The van der Waals surface area contributed by atoms with Crippen molar-refractivity contribution in [2.45, 2.75) is 12.5 Å². The van der Waals surface area contributed by atoms with E-state index in [1.54, 1.807) is 19.5 Å². The van der Waals surface area contributed by atoms with Crippen LogP contribution in [0.4, 0.5) is 0 Å². The van der Waals surface area contributed by atoms with Gasteiger partial charge in [-0.1, -0.05) is 23.7 Å². The molecular weight excluding hydrogens is 262 g/mol. The third-order valence-corrected chi connectivity index (χ3v) is 3.18. The zero-order valence-corrected chi connectivity index (χ0v) is 11.4. The van der Waals surface area contributed by atoms with Crippen molar-refractivity contribution in [2.75, 3.05) is 7.11 Å². The van der Waals surface area contributed by atoms with Crippen molar-refractivity contribution in [2.24, 2.45) is 5.84 Å². The zero-order valence-electron chi connectivity index (χ0n) is 10.6. The molecule has 0 aliphatic carbocycles. The summed E-state index contributed by atoms with van der Waals surface area (Å²) in [4.78, 5) is 4.14. The summed E-state index contributed by atoms with van der Waals surface area (Å²) in [6, 6.07) is 9.61. The number of benzene rings is 1. The Morgan fingerprint density at radius 3 is 2.68 bits per heavy atom. The van der Waals surface area contributed by atoms with E-state index in [0.717, 1.165) is 22.6 Å². The molecule has 0 aliphatic rings. The lowest BCUT2D eigenvalue weighted by Crippen LogP contribution is -2.29. The summed E-state index contributed by atoms with van der Waals surface area (Å²) in [5.41, 5.74) is 4.94. The second-order valence-corrected chi connectivity index (χ2v) is 4.64. The van der Waals surface area contributed by atoms with Gasteiger partial charge in [-0.05, 0) is 35.7 Å². The second kappa shape index (κ2) is 6.52. The van der Waals surface area contributed by atoms with Gasteiger partial charge in [-0.25, -0.2) is 0 Å². The number of ether oxygens (including phenoxy) is 1. The van der Waals surface area contributed by atoms with E-state index >= 15 is 0 Å². The smallest absolute Gasteiger partial charge is 0.137 e. The molecule has 2 rings (SSSR count). The number of hydrogen-bond donors (Lipinski definition) is 2. The van der Waals surface area contributed by atoms with Crippen molar-refractivity contribution in [3.05, 3.63) is 58.9 Å². The SMILES string of the molecule is COc1cncc(C(Cc2ccc(Cl)cc2)NN)c1. The van der Waals surface area contributed by atoms with Crippen molar-refractivity contribution in [3.8, 4) is 5.75 Å². The van der Waals surface area contributed by atoms with Crippen LogP contribution in [0.2, 0.25) is 5.02 Å². The molecule has 1 unspecified atom stereocenters. The average Bonchev–Trinajstić information content (AvgIpc) is 2.46. The van der Waals surface area contributed by atoms with Crippen LogP contribution < -0.4 is 16.0 Å². The quantitative estimate of drug-likeness (QED) is 0.651. The van der Waals surface area contributed by atoms with Crippen LogP contribution in [0.3, 0.4) is 0 Å². The maximum atomic E-state index is 5.87. The molecule has 1 atom stereocenters. The fourth-order valence-corrected chi connectivity index (χ4v) is 1.99. The van der Waals surface area contributed by atoms with Gasteiger partial charge < -0.3 is 4.74 Å². The predicted octanol–water partition coefficient (Wildman–Crippen LogP) is 2.49. The number of aromatic nitrogens is 1. The maximum Gasteiger partial charge on any atom is 0.137 e. The Kier molecular flexibility index (Phi) is 4.74. The largest absolute Gasteiger partial charge is 0.495 e. The summed E-state index contributed by atoms with van der Waals surface area (Å²) in [5.74, 6) is 6.35. The topological polar surface area (TPSA) is 60.2 Å². The highest BCUT2D eigenvalue weighted by atomic mass is 35.5. The minimum absolute atomic E-state index is 0.0243. The Morgan fingerprint density at radius 1 is 1.32 bits per heavy atom. The third kappa shape index (κ3) is 3.67. The van der Waals surface area contributed by atoms with Crippen LogP contribution in [0, 0.1) is 0 Å². The number of rotatable bonds is 5. The molecule has 1 heterocycles. The molecule has 0 radical (unpaired) electrons. The molecule has 1 aromatic heterocycles. The van der Waals surface area contributed by atoms with Gasteiger partial charge in [-0.15, -0.1) is 0 Å². The number of halogens is 1. The van der Waals surface area contributed by atoms with Gasteiger partial charge in [0.2, 0.25) is 0 Å². The Hall–Kier alpha value is -1.62. The van der Waals surface area contributed by atoms with Crippen LogP contribution in [0.1, 0.15) is 17.2 Å². The standard InChI is InChI=1S/C14H16ClN3O/c1-19-13-7-11(8-17-9-13)14(18-16)6-10-2-4-12(15)5-3-10/h2-5,7-9,14,18H,6,16H2,1H3. The molecule has 0 amide bonds. The van der Waals surface area contributed by atoms with Crippen molar-refractivity contribution >= 4 is 11.6 Å². The van der Waals surface area contributed by atoms with Crippen LogP contribution in [0.15, 0.2) is 42.7 Å². The van der Waals surface area contributed by atoms with Gasteiger partial charge in [0.1, 0.15) is 5.75 Å². The molecule has 2 aromatic rings. The number of hydrogen-bond acceptors (Lipinski definition) is 4. The molecule has 0 fully saturated rings. The minimum Gasteiger partial charge on any atom is -0.495 e. The van der Waals surface area contributed by atoms with Gasteiger partial charge in [0.25, 0.3) is 0 Å². The fourth-order valence-electron chi connectivity index (χ4n) is 1.87. The lowest BCUT2D eigenvalue weighted by Gasteiger charge is -2.16. The monoisotopic (exact) mass is 277 g/mol. The number of methoxy groups -OCH3 is 1. The summed E-state index contributed by atoms with van der Waals surface area (Å²) in [7, 11) is 1.62. The van der Waals surface area contributed by atoms with Crippen molar-refractivity contribution in [3.63, 3.8) is 0 Å². The van der Waals surface area contributed by atoms with Gasteiger partial charge in [0.15, 0.2) is 0 Å². The average molecular weight is 278 g/mol. The Bertz CT molecular complexity index is 530. The van der Waals surface area contributed by atoms with E-state index in [4.69, 9.17) is 22.2 Å². The highest BCUT2D eigenvalue weighted by Gasteiger charge is 2.12. The predicted molar refractivity (Wildman–Crippen MR) is 76.0 cm³/mol. The highest BCUT2D eigenvalue weighted by Crippen LogP contribution is 2.21. The van der Waals surface area contributed by atoms with Gasteiger partial charge in [0, 0.05) is 11.2 Å². The summed E-state index contributed by atoms with van der Waals surface area (Å²) in [6.07, 6.45) is 4.20. The first-order chi connectivity index (χ1) is 9.22. The van der Waals surface area contributed by atoms with Gasteiger partial charge in [-0.2, -0.15) is 0 Å². The summed E-state index contributed by atoms with van der Waals surface area (Å²) in [6.45, 7) is 0. The third-order valence-electron chi connectivity index (χ3n) is 2.93. The van der Waals surface area contributed by atoms with Crippen LogP contribution in [0.5, 0.6) is 5.75 Å². The molecule has 19 heavy (non-hydrogen) atoms. The van der Waals surface area contributed by atoms with E-state index in [1.807, 2.05) is 30.3 Å². The van der Waals surface area contributed by atoms with Crippen LogP contribution >= 0.6 is 11.6 Å². The molecule has 0 bridgehead atoms. The molecule has 0 aliphatic heterocycles. The lowest BCUT2D eigenvalue weighted by atomic mass is 10.0. The van der Waals surface area contributed by atoms with Crippen molar-refractivity contribution in [1.29, 1.82) is 0 Å². The molecule has 0 saturated carbocycles. The van der Waals surface area contributed by atoms with E-state index in [-0.39, 0.29) is 6.04 Å². The Morgan fingerprint density at radius 2 is 2.05 bits per heavy atom. The van der Waals surface area contributed by atoms with E-state index < -0.39 is 0 Å². The van der Waals surface area contributed by atoms with E-state index in [1.165, 1.54) is 0 Å². The molecular formula is C14H16ClN3O. The first-order valence-corrected chi connectivity index (χ1v) is 6.30. The molecule has 100 valence electrons. The summed E-state index contributed by atoms with van der Waals surface area (Å²) >= 11 is 5.87. The molecule has 0 spiro atoms. The molecule has 5 heteroatoms. The van der Waals surface area contributed by atoms with Crippen LogP contribution in [-0.2, 0) is 6.42 Å². The highest BCUT2D eigenvalue weighted by molar-refractivity contribution is 6.30. The van der Waals surface area contributed by atoms with E-state index in [2.05, 4.69) is 10.4 Å². The van der Waals surface area contributed by atoms with E-state index in [9.17, 15) is 0 Å². The minimum atomic E-state index is -0.0243. The fraction of sp³-hybridized carbons (Fsp3) is 0.214. The first kappa shape index (κ1) is 13.8. The number of nitrogens with one attached hydrogen (secondary N) is 1. The maximum absolute atomic E-state index is 5.87. The van der Waals surface area contributed by atoms with E-state index in [0.29, 0.717) is 5.75 Å². The summed E-state index contributed by atoms with van der Waals surface area (Å²) in [5, 5.41) is 0.726. The Labute approximate surface area is 117 Å². The van der Waals surface area contributed by atoms with Crippen molar-refractivity contribution in [1.82, 2.24) is 10.4 Å². The number of hydrazine groups is 1. The zero-order chi connectivity index (χ0) is 13.7. The first-order valence-electron chi connectivity index (χ1n) is 5.92. The molecule has 3 N–H and O–H groups in total. The Balaban J connectivity index is 2.17. The normalized spacial score (nSPS) is 12.2. The van der Waals surface area contributed by atoms with Gasteiger partial charge >= 0.3 is 0 Å². The molecule has 1 aromatic carbocycles. The van der Waals surface area contributed by atoms with Crippen molar-refractivity contribution < 1.29 is 4.74 Å². The van der Waals surface area contributed by atoms with Crippen LogP contribution in [-0.4, -0.2) is 12.1 Å². The van der Waals surface area contributed by atoms with Gasteiger partial charge in [0.05, 0.1) is 19.3 Å². The number of nitrogens with zero attached hydrogens (tertiary/aromatic N) is 1. The molecule has 0 saturated heterocycles. The summed E-state index contributed by atoms with van der Waals surface area (Å²) < 4.78 is 5.17. The number of pyridine rings is 1. The lowest BCUT2D eigenvalue weighted by molar-refractivity contribution is 0.410. The van der Waals surface area contributed by atoms with Crippen LogP contribution in [0.25, 0.3) is 0 Å². The number of nitrogens with two attached hydrogens (primary N) is 1.